The zero-order valence-electron chi connectivity index (χ0n) is 7.98. The molecule has 0 N–H and O–H groups in total. The van der Waals surface area contributed by atoms with Gasteiger partial charge in [0.1, 0.15) is 11.9 Å². The highest BCUT2D eigenvalue weighted by Gasteiger charge is 2.08. The number of aromatic nitrogens is 3. The normalized spacial score (nSPS) is 9.93. The van der Waals surface area contributed by atoms with Crippen LogP contribution in [-0.2, 0) is 0 Å². The molecule has 1 aromatic heterocycles. The SMILES string of the molecule is Cc1cnnn1-c1cc(F)ccc1C#N. The number of hydrogen-bond acceptors (Lipinski definition) is 3. The quantitative estimate of drug-likeness (QED) is 0.705. The summed E-state index contributed by atoms with van der Waals surface area (Å²) in [7, 11) is 0. The molecular weight excluding hydrogens is 195 g/mol. The summed E-state index contributed by atoms with van der Waals surface area (Å²) in [5.41, 5.74) is 1.52. The van der Waals surface area contributed by atoms with E-state index in [1.54, 1.807) is 13.1 Å². The molecule has 0 atom stereocenters. The predicted octanol–water partition coefficient (Wildman–Crippen LogP) is 1.59. The Kier molecular flexibility index (Phi) is 2.18. The molecule has 2 rings (SSSR count). The average molecular weight is 202 g/mol. The third kappa shape index (κ3) is 1.57. The van der Waals surface area contributed by atoms with Crippen LogP contribution in [0.5, 0.6) is 0 Å². The molecule has 0 aliphatic carbocycles. The van der Waals surface area contributed by atoms with E-state index >= 15 is 0 Å². The van der Waals surface area contributed by atoms with Crippen molar-refractivity contribution in [3.63, 3.8) is 0 Å². The van der Waals surface area contributed by atoms with Crippen molar-refractivity contribution < 1.29 is 4.39 Å². The Morgan fingerprint density at radius 1 is 1.47 bits per heavy atom. The molecule has 0 aliphatic heterocycles. The molecule has 5 heteroatoms. The van der Waals surface area contributed by atoms with Crippen LogP contribution in [0.25, 0.3) is 5.69 Å². The van der Waals surface area contributed by atoms with E-state index in [2.05, 4.69) is 10.3 Å². The van der Waals surface area contributed by atoms with Crippen molar-refractivity contribution in [2.24, 2.45) is 0 Å². The number of aryl methyl sites for hydroxylation is 1. The molecule has 0 amide bonds. The van der Waals surface area contributed by atoms with E-state index in [-0.39, 0.29) is 0 Å². The molecule has 0 spiro atoms. The van der Waals surface area contributed by atoms with E-state index in [1.807, 2.05) is 6.07 Å². The average Bonchev–Trinajstić information content (AvgIpc) is 2.64. The van der Waals surface area contributed by atoms with Gasteiger partial charge in [-0.2, -0.15) is 5.26 Å². The topological polar surface area (TPSA) is 54.5 Å². The van der Waals surface area contributed by atoms with E-state index < -0.39 is 5.82 Å². The van der Waals surface area contributed by atoms with Crippen molar-refractivity contribution in [2.45, 2.75) is 6.92 Å². The van der Waals surface area contributed by atoms with Crippen LogP contribution >= 0.6 is 0 Å². The number of halogens is 1. The Labute approximate surface area is 85.6 Å². The van der Waals surface area contributed by atoms with Crippen LogP contribution < -0.4 is 0 Å². The van der Waals surface area contributed by atoms with Crippen LogP contribution in [0.15, 0.2) is 24.4 Å². The van der Waals surface area contributed by atoms with Crippen LogP contribution in [0, 0.1) is 24.1 Å². The first-order valence-electron chi connectivity index (χ1n) is 4.29. The van der Waals surface area contributed by atoms with Crippen molar-refractivity contribution in [1.82, 2.24) is 15.0 Å². The fourth-order valence-corrected chi connectivity index (χ4v) is 1.30. The van der Waals surface area contributed by atoms with Crippen LogP contribution in [0.2, 0.25) is 0 Å². The van der Waals surface area contributed by atoms with Crippen molar-refractivity contribution in [1.29, 1.82) is 5.26 Å². The second-order valence-corrected chi connectivity index (χ2v) is 3.06. The summed E-state index contributed by atoms with van der Waals surface area (Å²) in [5.74, 6) is -0.404. The van der Waals surface area contributed by atoms with E-state index in [1.165, 1.54) is 22.9 Å². The fraction of sp³-hybridized carbons (Fsp3) is 0.100. The minimum Gasteiger partial charge on any atom is -0.216 e. The number of benzene rings is 1. The molecule has 0 unspecified atom stereocenters. The lowest BCUT2D eigenvalue weighted by molar-refractivity contribution is 0.624. The standard InChI is InChI=1S/C10H7FN4/c1-7-6-13-14-15(7)10-4-9(11)3-2-8(10)5-12/h2-4,6H,1H3. The van der Waals surface area contributed by atoms with Gasteiger partial charge in [-0.05, 0) is 19.1 Å². The van der Waals surface area contributed by atoms with Gasteiger partial charge in [0.25, 0.3) is 0 Å². The number of nitrogens with zero attached hydrogens (tertiary/aromatic N) is 4. The number of nitriles is 1. The molecule has 15 heavy (non-hydrogen) atoms. The minimum atomic E-state index is -0.404. The Morgan fingerprint density at radius 3 is 2.87 bits per heavy atom. The van der Waals surface area contributed by atoms with Gasteiger partial charge < -0.3 is 0 Å². The highest BCUT2D eigenvalue weighted by molar-refractivity contribution is 5.48. The van der Waals surface area contributed by atoms with Crippen LogP contribution in [0.3, 0.4) is 0 Å². The molecular formula is C10H7FN4. The lowest BCUT2D eigenvalue weighted by Crippen LogP contribution is -2.02. The molecule has 74 valence electrons. The largest absolute Gasteiger partial charge is 0.216 e. The third-order valence-electron chi connectivity index (χ3n) is 2.03. The molecule has 1 heterocycles. The maximum atomic E-state index is 13.0. The van der Waals surface area contributed by atoms with Gasteiger partial charge in [0.2, 0.25) is 0 Å². The van der Waals surface area contributed by atoms with Gasteiger partial charge in [-0.25, -0.2) is 9.07 Å². The first-order chi connectivity index (χ1) is 7.22. The summed E-state index contributed by atoms with van der Waals surface area (Å²) < 4.78 is 14.5. The summed E-state index contributed by atoms with van der Waals surface area (Å²) in [6.45, 7) is 1.78. The maximum absolute atomic E-state index is 13.0. The maximum Gasteiger partial charge on any atom is 0.125 e. The van der Waals surface area contributed by atoms with Crippen LogP contribution in [0.1, 0.15) is 11.3 Å². The van der Waals surface area contributed by atoms with E-state index in [4.69, 9.17) is 5.26 Å². The molecule has 0 saturated heterocycles. The molecule has 0 radical (unpaired) electrons. The second kappa shape index (κ2) is 3.50. The monoisotopic (exact) mass is 202 g/mol. The molecule has 0 aliphatic rings. The van der Waals surface area contributed by atoms with Gasteiger partial charge in [-0.1, -0.05) is 5.21 Å². The first-order valence-corrected chi connectivity index (χ1v) is 4.29. The first kappa shape index (κ1) is 9.34. The lowest BCUT2D eigenvalue weighted by atomic mass is 10.2. The number of hydrogen-bond donors (Lipinski definition) is 0. The van der Waals surface area contributed by atoms with Crippen molar-refractivity contribution in [2.75, 3.05) is 0 Å². The Morgan fingerprint density at radius 2 is 2.27 bits per heavy atom. The van der Waals surface area contributed by atoms with Crippen LogP contribution in [-0.4, -0.2) is 15.0 Å². The lowest BCUT2D eigenvalue weighted by Gasteiger charge is -2.04. The highest BCUT2D eigenvalue weighted by Crippen LogP contribution is 2.15. The molecule has 4 nitrogen and oxygen atoms in total. The molecule has 0 saturated carbocycles. The smallest absolute Gasteiger partial charge is 0.125 e. The number of rotatable bonds is 1. The summed E-state index contributed by atoms with van der Waals surface area (Å²) in [6.07, 6.45) is 1.55. The van der Waals surface area contributed by atoms with Gasteiger partial charge in [-0.3, -0.25) is 0 Å². The minimum absolute atomic E-state index is 0.366. The van der Waals surface area contributed by atoms with E-state index in [9.17, 15) is 4.39 Å². The zero-order chi connectivity index (χ0) is 10.8. The molecule has 2 aromatic rings. The Bertz CT molecular complexity index is 539. The van der Waals surface area contributed by atoms with Gasteiger partial charge in [0.05, 0.1) is 23.1 Å². The van der Waals surface area contributed by atoms with Crippen LogP contribution in [0.4, 0.5) is 4.39 Å². The second-order valence-electron chi connectivity index (χ2n) is 3.06. The summed E-state index contributed by atoms with van der Waals surface area (Å²) in [5, 5.41) is 16.3. The zero-order valence-corrected chi connectivity index (χ0v) is 7.98. The van der Waals surface area contributed by atoms with Crippen molar-refractivity contribution >= 4 is 0 Å². The summed E-state index contributed by atoms with van der Waals surface area (Å²) in [6, 6.07) is 5.91. The predicted molar refractivity (Wildman–Crippen MR) is 50.8 cm³/mol. The highest BCUT2D eigenvalue weighted by atomic mass is 19.1. The van der Waals surface area contributed by atoms with E-state index in [0.717, 1.165) is 5.69 Å². The Hall–Kier alpha value is -2.22. The Balaban J connectivity index is 2.67. The molecule has 1 aromatic carbocycles. The van der Waals surface area contributed by atoms with Gasteiger partial charge in [0.15, 0.2) is 0 Å². The molecule has 0 bridgehead atoms. The summed E-state index contributed by atoms with van der Waals surface area (Å²) >= 11 is 0. The van der Waals surface area contributed by atoms with Gasteiger partial charge >= 0.3 is 0 Å². The van der Waals surface area contributed by atoms with Gasteiger partial charge in [0, 0.05) is 6.07 Å². The van der Waals surface area contributed by atoms with Gasteiger partial charge in [-0.15, -0.1) is 5.10 Å². The van der Waals surface area contributed by atoms with Crippen molar-refractivity contribution in [3.8, 4) is 11.8 Å². The third-order valence-corrected chi connectivity index (χ3v) is 2.03. The van der Waals surface area contributed by atoms with Crippen molar-refractivity contribution in [3.05, 3.63) is 41.5 Å². The fourth-order valence-electron chi connectivity index (χ4n) is 1.30. The van der Waals surface area contributed by atoms with E-state index in [0.29, 0.717) is 11.3 Å². The molecule has 0 fully saturated rings. The summed E-state index contributed by atoms with van der Waals surface area (Å²) in [4.78, 5) is 0.